The molecule has 0 fully saturated rings. The summed E-state index contributed by atoms with van der Waals surface area (Å²) >= 11 is 0. The van der Waals surface area contributed by atoms with Crippen molar-refractivity contribution < 1.29 is 22.5 Å². The summed E-state index contributed by atoms with van der Waals surface area (Å²) < 4.78 is 34.9. The second-order valence-corrected chi connectivity index (χ2v) is 9.61. The first-order valence-corrected chi connectivity index (χ1v) is 11.0. The molecule has 0 aliphatic heterocycles. The lowest BCUT2D eigenvalue weighted by Gasteiger charge is -2.08. The van der Waals surface area contributed by atoms with Gasteiger partial charge >= 0.3 is 0 Å². The largest absolute Gasteiger partial charge is 0.497 e. The first kappa shape index (κ1) is 21.6. The second-order valence-electron chi connectivity index (χ2n) is 7.11. The van der Waals surface area contributed by atoms with Crippen LogP contribution in [0.15, 0.2) is 64.0 Å². The van der Waals surface area contributed by atoms with Gasteiger partial charge in [-0.15, -0.1) is 0 Å². The summed E-state index contributed by atoms with van der Waals surface area (Å²) in [6.07, 6.45) is 0.141. The molecule has 0 saturated carbocycles. The number of hydrogen-bond acceptors (Lipinski definition) is 6. The highest BCUT2D eigenvalue weighted by molar-refractivity contribution is 7.92. The monoisotopic (exact) mass is 428 g/mol. The molecule has 2 aromatic carbocycles. The molecule has 1 aromatic heterocycles. The summed E-state index contributed by atoms with van der Waals surface area (Å²) in [7, 11) is -1.73. The fourth-order valence-corrected chi connectivity index (χ4v) is 3.87. The number of sulfone groups is 1. The van der Waals surface area contributed by atoms with Crippen molar-refractivity contribution in [3.05, 3.63) is 65.9 Å². The first-order valence-electron chi connectivity index (χ1n) is 9.49. The highest BCUT2D eigenvalue weighted by Crippen LogP contribution is 2.24. The Morgan fingerprint density at radius 3 is 2.53 bits per heavy atom. The summed E-state index contributed by atoms with van der Waals surface area (Å²) in [5.74, 6) is 1.10. The average molecular weight is 429 g/mol. The molecule has 8 heteroatoms. The number of ether oxygens (including phenoxy) is 1. The lowest BCUT2D eigenvalue weighted by atomic mass is 10.1. The van der Waals surface area contributed by atoms with E-state index in [0.29, 0.717) is 17.2 Å². The molecule has 7 nitrogen and oxygen atoms in total. The molecule has 0 saturated heterocycles. The predicted octanol–water partition coefficient (Wildman–Crippen LogP) is 3.39. The van der Waals surface area contributed by atoms with Crippen LogP contribution < -0.4 is 10.1 Å². The van der Waals surface area contributed by atoms with Crippen molar-refractivity contribution in [2.45, 2.75) is 37.0 Å². The Labute approximate surface area is 176 Å². The van der Waals surface area contributed by atoms with Gasteiger partial charge in [0.15, 0.2) is 15.6 Å². The molecule has 158 valence electrons. The van der Waals surface area contributed by atoms with Gasteiger partial charge in [-0.05, 0) is 43.7 Å². The van der Waals surface area contributed by atoms with Gasteiger partial charge in [0.1, 0.15) is 11.4 Å². The predicted molar refractivity (Wildman–Crippen MR) is 113 cm³/mol. The normalized spacial score (nSPS) is 11.5. The molecule has 1 amide bonds. The molecule has 0 aliphatic carbocycles. The molecule has 3 rings (SSSR count). The van der Waals surface area contributed by atoms with Crippen LogP contribution >= 0.6 is 0 Å². The minimum absolute atomic E-state index is 0.141. The third-order valence-electron chi connectivity index (χ3n) is 4.62. The van der Waals surface area contributed by atoms with E-state index in [1.165, 1.54) is 12.1 Å². The number of carbonyl (C=O) groups excluding carboxylic acids is 1. The molecule has 1 N–H and O–H groups in total. The van der Waals surface area contributed by atoms with Crippen LogP contribution in [0.3, 0.4) is 0 Å². The number of methoxy groups -OCH3 is 1. The number of benzene rings is 2. The Morgan fingerprint density at radius 2 is 1.87 bits per heavy atom. The lowest BCUT2D eigenvalue weighted by Crippen LogP contribution is -2.24. The van der Waals surface area contributed by atoms with Gasteiger partial charge in [0.05, 0.1) is 30.2 Å². The van der Waals surface area contributed by atoms with Gasteiger partial charge in [0, 0.05) is 11.6 Å². The van der Waals surface area contributed by atoms with E-state index >= 15 is 0 Å². The molecule has 30 heavy (non-hydrogen) atoms. The summed E-state index contributed by atoms with van der Waals surface area (Å²) in [4.78, 5) is 12.5. The molecule has 3 aromatic rings. The zero-order valence-corrected chi connectivity index (χ0v) is 17.9. The van der Waals surface area contributed by atoms with E-state index in [-0.39, 0.29) is 23.8 Å². The van der Waals surface area contributed by atoms with Crippen LogP contribution in [0, 0.1) is 0 Å². The third-order valence-corrected chi connectivity index (χ3v) is 6.79. The number of carbonyl (C=O) groups is 1. The fraction of sp³-hybridized carbons (Fsp3) is 0.273. The summed E-state index contributed by atoms with van der Waals surface area (Å²) in [5.41, 5.74) is 2.16. The highest BCUT2D eigenvalue weighted by atomic mass is 32.2. The van der Waals surface area contributed by atoms with E-state index in [2.05, 4.69) is 10.5 Å². The SMILES string of the molecule is COc1cccc(-c2cc(CNC(=O)Cc3ccc(S(=O)(=O)C(C)C)cc3)no2)c1. The van der Waals surface area contributed by atoms with E-state index in [9.17, 15) is 13.2 Å². The van der Waals surface area contributed by atoms with Crippen LogP contribution in [0.4, 0.5) is 0 Å². The molecular weight excluding hydrogens is 404 g/mol. The molecule has 1 heterocycles. The number of nitrogens with one attached hydrogen (secondary N) is 1. The maximum Gasteiger partial charge on any atom is 0.224 e. The van der Waals surface area contributed by atoms with E-state index < -0.39 is 15.1 Å². The number of amides is 1. The van der Waals surface area contributed by atoms with E-state index in [1.54, 1.807) is 39.2 Å². The third kappa shape index (κ3) is 5.07. The van der Waals surface area contributed by atoms with Crippen LogP contribution in [-0.4, -0.2) is 31.8 Å². The summed E-state index contributed by atoms with van der Waals surface area (Å²) in [6.45, 7) is 3.51. The van der Waals surface area contributed by atoms with Gasteiger partial charge in [0.2, 0.25) is 5.91 Å². The minimum Gasteiger partial charge on any atom is -0.497 e. The zero-order chi connectivity index (χ0) is 21.7. The smallest absolute Gasteiger partial charge is 0.224 e. The van der Waals surface area contributed by atoms with Gasteiger partial charge in [-0.3, -0.25) is 4.79 Å². The lowest BCUT2D eigenvalue weighted by molar-refractivity contribution is -0.120. The van der Waals surface area contributed by atoms with Crippen LogP contribution in [0.25, 0.3) is 11.3 Å². The van der Waals surface area contributed by atoms with Gasteiger partial charge in [-0.1, -0.05) is 29.4 Å². The van der Waals surface area contributed by atoms with Gasteiger partial charge in [-0.2, -0.15) is 0 Å². The topological polar surface area (TPSA) is 98.5 Å². The molecule has 0 spiro atoms. The molecule has 0 radical (unpaired) electrons. The molecule has 0 unspecified atom stereocenters. The summed E-state index contributed by atoms with van der Waals surface area (Å²) in [5, 5.41) is 6.29. The number of rotatable bonds is 8. The Balaban J connectivity index is 1.57. The Bertz CT molecular complexity index is 1120. The Kier molecular flexibility index (Phi) is 6.56. The second kappa shape index (κ2) is 9.13. The number of aromatic nitrogens is 1. The summed E-state index contributed by atoms with van der Waals surface area (Å²) in [6, 6.07) is 15.6. The molecule has 0 bridgehead atoms. The van der Waals surface area contributed by atoms with E-state index in [4.69, 9.17) is 9.26 Å². The van der Waals surface area contributed by atoms with Crippen molar-refractivity contribution in [1.29, 1.82) is 0 Å². The van der Waals surface area contributed by atoms with Crippen LogP contribution in [0.2, 0.25) is 0 Å². The first-order chi connectivity index (χ1) is 14.3. The van der Waals surface area contributed by atoms with Gasteiger partial charge in [0.25, 0.3) is 0 Å². The minimum atomic E-state index is -3.32. The van der Waals surface area contributed by atoms with Crippen molar-refractivity contribution in [1.82, 2.24) is 10.5 Å². The Morgan fingerprint density at radius 1 is 1.13 bits per heavy atom. The van der Waals surface area contributed by atoms with Crippen LogP contribution in [0.5, 0.6) is 5.75 Å². The van der Waals surface area contributed by atoms with Crippen molar-refractivity contribution >= 4 is 15.7 Å². The quantitative estimate of drug-likeness (QED) is 0.591. The highest BCUT2D eigenvalue weighted by Gasteiger charge is 2.19. The molecular formula is C22H24N2O5S. The maximum absolute atomic E-state index is 12.2. The molecule has 0 atom stereocenters. The van der Waals surface area contributed by atoms with Crippen molar-refractivity contribution in [3.63, 3.8) is 0 Å². The number of nitrogens with zero attached hydrogens (tertiary/aromatic N) is 1. The number of hydrogen-bond donors (Lipinski definition) is 1. The van der Waals surface area contributed by atoms with Crippen molar-refractivity contribution in [2.24, 2.45) is 0 Å². The van der Waals surface area contributed by atoms with Crippen molar-refractivity contribution in [2.75, 3.05) is 7.11 Å². The molecule has 0 aliphatic rings. The van der Waals surface area contributed by atoms with Crippen LogP contribution in [0.1, 0.15) is 25.1 Å². The fourth-order valence-electron chi connectivity index (χ4n) is 2.81. The van der Waals surface area contributed by atoms with E-state index in [1.807, 2.05) is 24.3 Å². The average Bonchev–Trinajstić information content (AvgIpc) is 3.22. The van der Waals surface area contributed by atoms with Gasteiger partial charge < -0.3 is 14.6 Å². The Hall–Kier alpha value is -3.13. The zero-order valence-electron chi connectivity index (χ0n) is 17.1. The van der Waals surface area contributed by atoms with Crippen LogP contribution in [-0.2, 0) is 27.6 Å². The van der Waals surface area contributed by atoms with E-state index in [0.717, 1.165) is 11.1 Å². The van der Waals surface area contributed by atoms with Gasteiger partial charge in [-0.25, -0.2) is 8.42 Å². The maximum atomic E-state index is 12.2. The van der Waals surface area contributed by atoms with Crippen molar-refractivity contribution in [3.8, 4) is 17.1 Å². The standard InChI is InChI=1S/C22H24N2O5S/c1-15(2)30(26,27)20-9-7-16(8-10-20)11-22(25)23-14-18-13-21(29-24-18)17-5-4-6-19(12-17)28-3/h4-10,12-13,15H,11,14H2,1-3H3,(H,23,25).